The minimum absolute atomic E-state index is 0.250. The zero-order valence-electron chi connectivity index (χ0n) is 12.0. The van der Waals surface area contributed by atoms with Crippen molar-refractivity contribution in [2.24, 2.45) is 5.41 Å². The van der Waals surface area contributed by atoms with Gasteiger partial charge in [0.25, 0.3) is 0 Å². The molecule has 0 aliphatic rings. The first kappa shape index (κ1) is 16.2. The van der Waals surface area contributed by atoms with Crippen LogP contribution in [0.15, 0.2) is 22.7 Å². The van der Waals surface area contributed by atoms with Gasteiger partial charge < -0.3 is 4.74 Å². The Balaban J connectivity index is 2.83. The van der Waals surface area contributed by atoms with Crippen molar-refractivity contribution in [3.05, 3.63) is 34.1 Å². The van der Waals surface area contributed by atoms with E-state index in [1.165, 1.54) is 6.07 Å². The molecule has 1 aromatic rings. The summed E-state index contributed by atoms with van der Waals surface area (Å²) in [5.41, 5.74) is -0.258. The fraction of sp³-hybridized carbons (Fsp3) is 0.533. The highest BCUT2D eigenvalue weighted by atomic mass is 79.9. The molecule has 0 fully saturated rings. The van der Waals surface area contributed by atoms with E-state index in [9.17, 15) is 9.18 Å². The van der Waals surface area contributed by atoms with E-state index in [4.69, 9.17) is 4.74 Å². The first-order valence-corrected chi connectivity index (χ1v) is 6.98. The smallest absolute Gasteiger partial charge is 0.312 e. The molecule has 0 amide bonds. The quantitative estimate of drug-likeness (QED) is 0.763. The fourth-order valence-corrected chi connectivity index (χ4v) is 2.07. The number of esters is 1. The summed E-state index contributed by atoms with van der Waals surface area (Å²) in [6, 6.07) is 4.78. The van der Waals surface area contributed by atoms with Crippen molar-refractivity contribution in [3.8, 4) is 0 Å². The van der Waals surface area contributed by atoms with Crippen molar-refractivity contribution in [1.29, 1.82) is 0 Å². The highest BCUT2D eigenvalue weighted by molar-refractivity contribution is 9.10. The first-order valence-electron chi connectivity index (χ1n) is 6.19. The van der Waals surface area contributed by atoms with E-state index in [1.54, 1.807) is 12.1 Å². The summed E-state index contributed by atoms with van der Waals surface area (Å²) < 4.78 is 19.0. The molecule has 4 heteroatoms. The average molecular weight is 331 g/mol. The van der Waals surface area contributed by atoms with Crippen molar-refractivity contribution in [3.63, 3.8) is 0 Å². The minimum Gasteiger partial charge on any atom is -0.460 e. The number of ether oxygens (including phenoxy) is 1. The molecular formula is C15H20BrFO2. The van der Waals surface area contributed by atoms with Crippen LogP contribution < -0.4 is 0 Å². The molecule has 0 heterocycles. The lowest BCUT2D eigenvalue weighted by atomic mass is 9.85. The second kappa shape index (κ2) is 5.61. The van der Waals surface area contributed by atoms with Gasteiger partial charge in [-0.3, -0.25) is 4.79 Å². The van der Waals surface area contributed by atoms with E-state index in [-0.39, 0.29) is 11.8 Å². The molecule has 0 unspecified atom stereocenters. The highest BCUT2D eigenvalue weighted by Crippen LogP contribution is 2.28. The van der Waals surface area contributed by atoms with Crippen LogP contribution in [0.1, 0.15) is 40.2 Å². The molecule has 0 atom stereocenters. The van der Waals surface area contributed by atoms with Gasteiger partial charge in [-0.25, -0.2) is 4.39 Å². The van der Waals surface area contributed by atoms with Gasteiger partial charge in [0.2, 0.25) is 0 Å². The predicted octanol–water partition coefficient (Wildman–Crippen LogP) is 4.50. The average Bonchev–Trinajstić information content (AvgIpc) is 2.20. The summed E-state index contributed by atoms with van der Waals surface area (Å²) in [7, 11) is 0. The van der Waals surface area contributed by atoms with Gasteiger partial charge in [0.05, 0.1) is 9.89 Å². The topological polar surface area (TPSA) is 26.3 Å². The lowest BCUT2D eigenvalue weighted by Crippen LogP contribution is -2.35. The molecule has 0 aliphatic carbocycles. The third-order valence-corrected chi connectivity index (χ3v) is 3.19. The third kappa shape index (κ3) is 4.94. The van der Waals surface area contributed by atoms with E-state index in [1.807, 2.05) is 34.6 Å². The Morgan fingerprint density at radius 3 is 2.32 bits per heavy atom. The molecule has 0 aliphatic heterocycles. The minimum atomic E-state index is -0.648. The van der Waals surface area contributed by atoms with Gasteiger partial charge in [0, 0.05) is 0 Å². The van der Waals surface area contributed by atoms with E-state index in [0.717, 1.165) is 5.56 Å². The molecule has 1 rings (SSSR count). The first-order chi connectivity index (χ1) is 8.51. The van der Waals surface area contributed by atoms with Gasteiger partial charge >= 0.3 is 5.97 Å². The maximum absolute atomic E-state index is 13.2. The van der Waals surface area contributed by atoms with E-state index in [2.05, 4.69) is 15.9 Å². The van der Waals surface area contributed by atoms with Crippen LogP contribution in [0, 0.1) is 11.2 Å². The molecular weight excluding hydrogens is 311 g/mol. The Labute approximate surface area is 122 Å². The Hall–Kier alpha value is -0.900. The van der Waals surface area contributed by atoms with Gasteiger partial charge in [-0.1, -0.05) is 6.07 Å². The number of carbonyl (C=O) groups excluding carboxylic acids is 1. The molecule has 0 radical (unpaired) electrons. The number of rotatable bonds is 3. The second-order valence-corrected chi connectivity index (χ2v) is 7.17. The van der Waals surface area contributed by atoms with Crippen LogP contribution in [-0.2, 0) is 16.0 Å². The summed E-state index contributed by atoms with van der Waals surface area (Å²) in [5.74, 6) is -0.556. The van der Waals surface area contributed by atoms with Crippen molar-refractivity contribution in [2.75, 3.05) is 0 Å². The molecule has 0 saturated heterocycles. The molecule has 106 valence electrons. The molecule has 0 N–H and O–H groups in total. The van der Waals surface area contributed by atoms with Crippen molar-refractivity contribution in [2.45, 2.75) is 46.6 Å². The highest BCUT2D eigenvalue weighted by Gasteiger charge is 2.32. The van der Waals surface area contributed by atoms with Crippen LogP contribution in [0.5, 0.6) is 0 Å². The predicted molar refractivity (Wildman–Crippen MR) is 77.4 cm³/mol. The van der Waals surface area contributed by atoms with E-state index in [0.29, 0.717) is 10.9 Å². The maximum atomic E-state index is 13.2. The Kier molecular flexibility index (Phi) is 4.77. The molecule has 1 aromatic carbocycles. The van der Waals surface area contributed by atoms with Gasteiger partial charge in [0.1, 0.15) is 11.4 Å². The van der Waals surface area contributed by atoms with Crippen molar-refractivity contribution < 1.29 is 13.9 Å². The van der Waals surface area contributed by atoms with Crippen LogP contribution in [0.4, 0.5) is 4.39 Å². The van der Waals surface area contributed by atoms with Crippen LogP contribution in [0.25, 0.3) is 0 Å². The van der Waals surface area contributed by atoms with Gasteiger partial charge in [-0.2, -0.15) is 0 Å². The summed E-state index contributed by atoms with van der Waals surface area (Å²) in [6.45, 7) is 9.19. The van der Waals surface area contributed by atoms with Gasteiger partial charge in [0.15, 0.2) is 0 Å². The lowest BCUT2D eigenvalue weighted by Gasteiger charge is -2.28. The third-order valence-electron chi connectivity index (χ3n) is 2.58. The Morgan fingerprint density at radius 2 is 1.84 bits per heavy atom. The molecule has 0 aromatic heterocycles. The zero-order valence-corrected chi connectivity index (χ0v) is 13.6. The van der Waals surface area contributed by atoms with Gasteiger partial charge in [-0.15, -0.1) is 0 Å². The Bertz CT molecular complexity index is 476. The Morgan fingerprint density at radius 1 is 1.26 bits per heavy atom. The summed E-state index contributed by atoms with van der Waals surface area (Å²) in [5, 5.41) is 0. The van der Waals surface area contributed by atoms with E-state index < -0.39 is 11.0 Å². The number of hydrogen-bond donors (Lipinski definition) is 0. The normalized spacial score (nSPS) is 12.4. The SMILES string of the molecule is CC(C)(C)OC(=O)C(C)(C)Cc1ccc(F)c(Br)c1. The maximum Gasteiger partial charge on any atom is 0.312 e. The number of carbonyl (C=O) groups is 1. The lowest BCUT2D eigenvalue weighted by molar-refractivity contribution is -0.165. The molecule has 2 nitrogen and oxygen atoms in total. The van der Waals surface area contributed by atoms with Crippen LogP contribution in [0.2, 0.25) is 0 Å². The van der Waals surface area contributed by atoms with Crippen LogP contribution in [-0.4, -0.2) is 11.6 Å². The fourth-order valence-electron chi connectivity index (χ4n) is 1.65. The second-order valence-electron chi connectivity index (χ2n) is 6.31. The molecule has 0 spiro atoms. The van der Waals surface area contributed by atoms with Gasteiger partial charge in [-0.05, 0) is 74.7 Å². The monoisotopic (exact) mass is 330 g/mol. The standard InChI is InChI=1S/C15H20BrFO2/c1-14(2,3)19-13(18)15(4,5)9-10-6-7-12(17)11(16)8-10/h6-8H,9H2,1-5H3. The zero-order chi connectivity index (χ0) is 14.8. The summed E-state index contributed by atoms with van der Waals surface area (Å²) >= 11 is 3.15. The number of benzene rings is 1. The van der Waals surface area contributed by atoms with Crippen LogP contribution >= 0.6 is 15.9 Å². The largest absolute Gasteiger partial charge is 0.460 e. The van der Waals surface area contributed by atoms with E-state index >= 15 is 0 Å². The molecule has 19 heavy (non-hydrogen) atoms. The summed E-state index contributed by atoms with van der Waals surface area (Å²) in [6.07, 6.45) is 0.501. The molecule has 0 saturated carbocycles. The molecule has 0 bridgehead atoms. The number of hydrogen-bond acceptors (Lipinski definition) is 2. The summed E-state index contributed by atoms with van der Waals surface area (Å²) in [4.78, 5) is 12.1. The van der Waals surface area contributed by atoms with Crippen molar-refractivity contribution in [1.82, 2.24) is 0 Å². The van der Waals surface area contributed by atoms with Crippen molar-refractivity contribution >= 4 is 21.9 Å². The van der Waals surface area contributed by atoms with Crippen LogP contribution in [0.3, 0.4) is 0 Å². The number of halogens is 2.